The summed E-state index contributed by atoms with van der Waals surface area (Å²) in [4.78, 5) is 2.32. The van der Waals surface area contributed by atoms with Gasteiger partial charge >= 0.3 is 0 Å². The second-order valence-electron chi connectivity index (χ2n) is 5.57. The highest BCUT2D eigenvalue weighted by Crippen LogP contribution is 2.34. The van der Waals surface area contributed by atoms with Gasteiger partial charge in [-0.25, -0.2) is 0 Å². The average Bonchev–Trinajstić information content (AvgIpc) is 2.89. The molecule has 20 heavy (non-hydrogen) atoms. The van der Waals surface area contributed by atoms with Gasteiger partial charge in [0.25, 0.3) is 0 Å². The van der Waals surface area contributed by atoms with Gasteiger partial charge in [0, 0.05) is 36.1 Å². The summed E-state index contributed by atoms with van der Waals surface area (Å²) >= 11 is 6.20. The minimum absolute atomic E-state index is 0.0629. The van der Waals surface area contributed by atoms with E-state index in [9.17, 15) is 5.11 Å². The number of aliphatic hydroxyl groups is 1. The predicted octanol–water partition coefficient (Wildman–Crippen LogP) is 1.86. The van der Waals surface area contributed by atoms with Crippen LogP contribution in [-0.2, 0) is 17.7 Å². The lowest BCUT2D eigenvalue weighted by Gasteiger charge is -2.37. The van der Waals surface area contributed by atoms with E-state index in [0.717, 1.165) is 42.5 Å². The second kappa shape index (κ2) is 5.90. The van der Waals surface area contributed by atoms with Crippen LogP contribution in [0.1, 0.15) is 18.1 Å². The Morgan fingerprint density at radius 1 is 1.45 bits per heavy atom. The normalized spacial score (nSPS) is 26.4. The van der Waals surface area contributed by atoms with E-state index in [2.05, 4.69) is 11.8 Å². The fourth-order valence-corrected chi connectivity index (χ4v) is 3.15. The molecule has 0 spiro atoms. The lowest BCUT2D eigenvalue weighted by atomic mass is 10.1. The fourth-order valence-electron chi connectivity index (χ4n) is 2.89. The number of nitrogens with zero attached hydrogens (tertiary/aromatic N) is 1. The third-order valence-corrected chi connectivity index (χ3v) is 4.26. The molecule has 5 heteroatoms. The predicted molar refractivity (Wildman–Crippen MR) is 77.3 cm³/mol. The first kappa shape index (κ1) is 14.1. The van der Waals surface area contributed by atoms with Gasteiger partial charge in [-0.15, -0.1) is 0 Å². The smallest absolute Gasteiger partial charge is 0.127 e. The highest BCUT2D eigenvalue weighted by atomic mass is 35.5. The van der Waals surface area contributed by atoms with Gasteiger partial charge < -0.3 is 14.6 Å². The molecule has 1 saturated heterocycles. The molecule has 0 saturated carbocycles. The molecule has 1 N–H and O–H groups in total. The summed E-state index contributed by atoms with van der Waals surface area (Å²) in [6, 6.07) is 4.31. The standard InChI is InChI=1S/C15H20ClNO3/c1-10-9-20-14(8-18)7-17(10)6-12-5-13(16)4-11-2-3-19-15(11)12/h4-5,10,14,18H,2-3,6-9H2,1H3/t10-,14+/m1/s1. The number of rotatable bonds is 3. The van der Waals surface area contributed by atoms with Crippen LogP contribution in [0.25, 0.3) is 0 Å². The van der Waals surface area contributed by atoms with E-state index in [0.29, 0.717) is 12.6 Å². The fraction of sp³-hybridized carbons (Fsp3) is 0.600. The first-order valence-electron chi connectivity index (χ1n) is 7.08. The number of aliphatic hydroxyl groups excluding tert-OH is 1. The van der Waals surface area contributed by atoms with Crippen LogP contribution < -0.4 is 4.74 Å². The first-order chi connectivity index (χ1) is 9.67. The van der Waals surface area contributed by atoms with E-state index >= 15 is 0 Å². The zero-order valence-electron chi connectivity index (χ0n) is 11.6. The third-order valence-electron chi connectivity index (χ3n) is 4.04. The maximum Gasteiger partial charge on any atom is 0.127 e. The molecule has 0 radical (unpaired) electrons. The summed E-state index contributed by atoms with van der Waals surface area (Å²) in [6.45, 7) is 5.10. The van der Waals surface area contributed by atoms with Gasteiger partial charge in [0.2, 0.25) is 0 Å². The Balaban J connectivity index is 1.80. The van der Waals surface area contributed by atoms with Crippen molar-refractivity contribution in [1.29, 1.82) is 0 Å². The molecular formula is C15H20ClNO3. The minimum Gasteiger partial charge on any atom is -0.493 e. The SMILES string of the molecule is C[C@@H]1CO[C@H](CO)CN1Cc1cc(Cl)cc2c1OCC2. The Morgan fingerprint density at radius 2 is 2.30 bits per heavy atom. The van der Waals surface area contributed by atoms with Gasteiger partial charge in [-0.1, -0.05) is 11.6 Å². The number of hydrogen-bond acceptors (Lipinski definition) is 4. The molecule has 0 amide bonds. The van der Waals surface area contributed by atoms with Gasteiger partial charge in [-0.2, -0.15) is 0 Å². The Morgan fingerprint density at radius 3 is 3.10 bits per heavy atom. The number of fused-ring (bicyclic) bond motifs is 1. The van der Waals surface area contributed by atoms with Crippen molar-refractivity contribution in [3.05, 3.63) is 28.3 Å². The van der Waals surface area contributed by atoms with E-state index in [1.54, 1.807) is 0 Å². The molecule has 1 aromatic rings. The topological polar surface area (TPSA) is 41.9 Å². The van der Waals surface area contributed by atoms with Crippen LogP contribution in [0.5, 0.6) is 5.75 Å². The van der Waals surface area contributed by atoms with E-state index in [1.165, 1.54) is 5.56 Å². The van der Waals surface area contributed by atoms with Crippen LogP contribution in [0.3, 0.4) is 0 Å². The summed E-state index contributed by atoms with van der Waals surface area (Å²) in [6.07, 6.45) is 0.834. The molecule has 1 aromatic carbocycles. The monoisotopic (exact) mass is 297 g/mol. The van der Waals surface area contributed by atoms with Crippen molar-refractivity contribution in [3.8, 4) is 5.75 Å². The van der Waals surface area contributed by atoms with Crippen LogP contribution in [0.4, 0.5) is 0 Å². The molecule has 0 unspecified atom stereocenters. The molecule has 4 nitrogen and oxygen atoms in total. The molecule has 3 rings (SSSR count). The van der Waals surface area contributed by atoms with Crippen molar-refractivity contribution >= 4 is 11.6 Å². The minimum atomic E-state index is -0.0978. The number of morpholine rings is 1. The molecule has 2 atom stereocenters. The largest absolute Gasteiger partial charge is 0.493 e. The Kier molecular flexibility index (Phi) is 4.17. The summed E-state index contributed by atoms with van der Waals surface area (Å²) in [7, 11) is 0. The number of ether oxygens (including phenoxy) is 2. The average molecular weight is 298 g/mol. The van der Waals surface area contributed by atoms with E-state index in [4.69, 9.17) is 21.1 Å². The molecule has 0 bridgehead atoms. The molecule has 2 aliphatic rings. The van der Waals surface area contributed by atoms with Crippen molar-refractivity contribution in [2.24, 2.45) is 0 Å². The van der Waals surface area contributed by atoms with Crippen LogP contribution >= 0.6 is 11.6 Å². The first-order valence-corrected chi connectivity index (χ1v) is 7.45. The third kappa shape index (κ3) is 2.79. The Hall–Kier alpha value is -0.810. The van der Waals surface area contributed by atoms with Crippen LogP contribution in [0.2, 0.25) is 5.02 Å². The molecule has 0 aliphatic carbocycles. The maximum absolute atomic E-state index is 9.26. The highest BCUT2D eigenvalue weighted by molar-refractivity contribution is 6.30. The summed E-state index contributed by atoms with van der Waals surface area (Å²) in [5.74, 6) is 0.994. The van der Waals surface area contributed by atoms with Crippen LogP contribution in [0.15, 0.2) is 12.1 Å². The Bertz CT molecular complexity index is 494. The lowest BCUT2D eigenvalue weighted by molar-refractivity contribution is -0.0806. The van der Waals surface area contributed by atoms with Crippen molar-refractivity contribution in [2.45, 2.75) is 32.0 Å². The van der Waals surface area contributed by atoms with Crippen molar-refractivity contribution in [2.75, 3.05) is 26.4 Å². The second-order valence-corrected chi connectivity index (χ2v) is 6.00. The molecule has 2 heterocycles. The van der Waals surface area contributed by atoms with E-state index in [1.807, 2.05) is 12.1 Å². The summed E-state index contributed by atoms with van der Waals surface area (Å²) in [5, 5.41) is 10.0. The Labute approximate surface area is 124 Å². The van der Waals surface area contributed by atoms with Crippen LogP contribution in [-0.4, -0.2) is 48.5 Å². The molecule has 110 valence electrons. The zero-order chi connectivity index (χ0) is 14.1. The van der Waals surface area contributed by atoms with Crippen molar-refractivity contribution in [1.82, 2.24) is 4.90 Å². The molecular weight excluding hydrogens is 278 g/mol. The van der Waals surface area contributed by atoms with Gasteiger partial charge in [0.15, 0.2) is 0 Å². The summed E-state index contributed by atoms with van der Waals surface area (Å²) in [5.41, 5.74) is 2.34. The van der Waals surface area contributed by atoms with Gasteiger partial charge in [0.1, 0.15) is 5.75 Å². The molecule has 1 fully saturated rings. The van der Waals surface area contributed by atoms with E-state index in [-0.39, 0.29) is 12.7 Å². The van der Waals surface area contributed by atoms with E-state index < -0.39 is 0 Å². The summed E-state index contributed by atoms with van der Waals surface area (Å²) < 4.78 is 11.3. The zero-order valence-corrected chi connectivity index (χ0v) is 12.4. The van der Waals surface area contributed by atoms with Gasteiger partial charge in [-0.3, -0.25) is 4.90 Å². The van der Waals surface area contributed by atoms with Gasteiger partial charge in [-0.05, 0) is 24.6 Å². The number of hydrogen-bond donors (Lipinski definition) is 1. The lowest BCUT2D eigenvalue weighted by Crippen LogP contribution is -2.48. The quantitative estimate of drug-likeness (QED) is 0.925. The number of benzene rings is 1. The van der Waals surface area contributed by atoms with Crippen LogP contribution in [0, 0.1) is 0 Å². The maximum atomic E-state index is 9.26. The van der Waals surface area contributed by atoms with Crippen molar-refractivity contribution in [3.63, 3.8) is 0 Å². The number of halogens is 1. The van der Waals surface area contributed by atoms with Gasteiger partial charge in [0.05, 0.1) is 25.9 Å². The highest BCUT2D eigenvalue weighted by Gasteiger charge is 2.27. The molecule has 2 aliphatic heterocycles. The molecule has 0 aromatic heterocycles. The van der Waals surface area contributed by atoms with Crippen molar-refractivity contribution < 1.29 is 14.6 Å².